The fourth-order valence-electron chi connectivity index (χ4n) is 3.07. The van der Waals surface area contributed by atoms with Crippen LogP contribution in [0.5, 0.6) is 0 Å². The number of halogens is 1. The second-order valence-electron chi connectivity index (χ2n) is 5.68. The zero-order valence-electron chi connectivity index (χ0n) is 13.1. The summed E-state index contributed by atoms with van der Waals surface area (Å²) in [6, 6.07) is 16.4. The Hall–Kier alpha value is -2.30. The third kappa shape index (κ3) is 2.79. The lowest BCUT2D eigenvalue weighted by molar-refractivity contribution is 0.929. The van der Waals surface area contributed by atoms with E-state index in [1.165, 1.54) is 10.9 Å². The highest BCUT2D eigenvalue weighted by molar-refractivity contribution is 7.13. The van der Waals surface area contributed by atoms with Gasteiger partial charge in [-0.1, -0.05) is 41.9 Å². The highest BCUT2D eigenvalue weighted by atomic mass is 35.5. The molecule has 0 saturated heterocycles. The summed E-state index contributed by atoms with van der Waals surface area (Å²) in [5, 5.41) is 8.41. The van der Waals surface area contributed by atoms with Gasteiger partial charge >= 0.3 is 0 Å². The van der Waals surface area contributed by atoms with Gasteiger partial charge < -0.3 is 10.3 Å². The quantitative estimate of drug-likeness (QED) is 0.487. The summed E-state index contributed by atoms with van der Waals surface area (Å²) in [6.45, 7) is 2.11. The van der Waals surface area contributed by atoms with Crippen molar-refractivity contribution in [1.29, 1.82) is 0 Å². The molecule has 120 valence electrons. The molecule has 2 N–H and O–H groups in total. The maximum atomic E-state index is 6.07. The Morgan fingerprint density at radius 1 is 1.12 bits per heavy atom. The molecule has 0 unspecified atom stereocenters. The molecule has 1 atom stereocenters. The summed E-state index contributed by atoms with van der Waals surface area (Å²) in [6.07, 6.45) is 1.81. The lowest BCUT2D eigenvalue weighted by Crippen LogP contribution is -2.13. The van der Waals surface area contributed by atoms with E-state index in [0.29, 0.717) is 0 Å². The zero-order chi connectivity index (χ0) is 16.5. The van der Waals surface area contributed by atoms with Crippen molar-refractivity contribution >= 4 is 39.0 Å². The van der Waals surface area contributed by atoms with Gasteiger partial charge in [-0.25, -0.2) is 4.98 Å². The number of benzene rings is 2. The van der Waals surface area contributed by atoms with Crippen molar-refractivity contribution < 1.29 is 0 Å². The molecule has 4 rings (SSSR count). The Kier molecular flexibility index (Phi) is 4.00. The van der Waals surface area contributed by atoms with Gasteiger partial charge in [-0.05, 0) is 30.7 Å². The molecule has 5 heteroatoms. The molecule has 0 aliphatic carbocycles. The highest BCUT2D eigenvalue weighted by Crippen LogP contribution is 2.35. The van der Waals surface area contributed by atoms with Crippen molar-refractivity contribution in [2.24, 2.45) is 0 Å². The van der Waals surface area contributed by atoms with Crippen LogP contribution in [0, 0.1) is 6.92 Å². The number of aromatic amines is 1. The molecule has 0 spiro atoms. The molecular weight excluding hydrogens is 338 g/mol. The third-order valence-electron chi connectivity index (χ3n) is 4.14. The number of aromatic nitrogens is 2. The molecular formula is C19H16ClN3S. The first-order valence-electron chi connectivity index (χ1n) is 7.71. The number of H-pyrrole nitrogens is 1. The van der Waals surface area contributed by atoms with Gasteiger partial charge in [0.05, 0.1) is 6.04 Å². The molecule has 0 fully saturated rings. The SMILES string of the molecule is Cc1[nH]c2ccccc2c1[C@H](Nc1nccs1)c1ccc(Cl)cc1. The van der Waals surface area contributed by atoms with E-state index in [2.05, 4.69) is 52.5 Å². The van der Waals surface area contributed by atoms with Crippen LogP contribution in [0.25, 0.3) is 10.9 Å². The number of anilines is 1. The molecule has 2 aromatic heterocycles. The molecule has 0 aliphatic heterocycles. The van der Waals surface area contributed by atoms with Crippen LogP contribution in [-0.4, -0.2) is 9.97 Å². The molecule has 3 nitrogen and oxygen atoms in total. The van der Waals surface area contributed by atoms with Crippen molar-refractivity contribution in [3.05, 3.63) is 82.0 Å². The molecule has 0 aliphatic rings. The van der Waals surface area contributed by atoms with Gasteiger partial charge in [0, 0.05) is 38.8 Å². The van der Waals surface area contributed by atoms with Crippen molar-refractivity contribution in [1.82, 2.24) is 9.97 Å². The monoisotopic (exact) mass is 353 g/mol. The van der Waals surface area contributed by atoms with Crippen LogP contribution in [0.4, 0.5) is 5.13 Å². The number of nitrogens with one attached hydrogen (secondary N) is 2. The van der Waals surface area contributed by atoms with E-state index in [0.717, 1.165) is 26.9 Å². The van der Waals surface area contributed by atoms with Gasteiger partial charge in [-0.2, -0.15) is 0 Å². The minimum atomic E-state index is 0.00423. The molecule has 4 aromatic rings. The lowest BCUT2D eigenvalue weighted by atomic mass is 9.96. The number of hydrogen-bond donors (Lipinski definition) is 2. The Morgan fingerprint density at radius 2 is 1.92 bits per heavy atom. The van der Waals surface area contributed by atoms with E-state index in [1.54, 1.807) is 11.3 Å². The highest BCUT2D eigenvalue weighted by Gasteiger charge is 2.21. The Labute approximate surface area is 149 Å². The van der Waals surface area contributed by atoms with Crippen LogP contribution < -0.4 is 5.32 Å². The molecule has 2 heterocycles. The molecule has 0 saturated carbocycles. The van der Waals surface area contributed by atoms with E-state index >= 15 is 0 Å². The molecule has 2 aromatic carbocycles. The average molecular weight is 354 g/mol. The largest absolute Gasteiger partial charge is 0.358 e. The summed E-state index contributed by atoms with van der Waals surface area (Å²) in [5.41, 5.74) is 4.69. The van der Waals surface area contributed by atoms with Gasteiger partial charge in [0.1, 0.15) is 0 Å². The Morgan fingerprint density at radius 3 is 2.67 bits per heavy atom. The fraction of sp³-hybridized carbons (Fsp3) is 0.105. The van der Waals surface area contributed by atoms with Crippen LogP contribution in [0.1, 0.15) is 22.9 Å². The fourth-order valence-corrected chi connectivity index (χ4v) is 3.75. The molecule has 0 bridgehead atoms. The van der Waals surface area contributed by atoms with Crippen LogP contribution in [0.3, 0.4) is 0 Å². The lowest BCUT2D eigenvalue weighted by Gasteiger charge is -2.20. The number of aryl methyl sites for hydroxylation is 1. The minimum absolute atomic E-state index is 0.00423. The van der Waals surface area contributed by atoms with Crippen molar-refractivity contribution in [2.45, 2.75) is 13.0 Å². The van der Waals surface area contributed by atoms with Gasteiger partial charge in [-0.15, -0.1) is 11.3 Å². The first-order chi connectivity index (χ1) is 11.7. The topological polar surface area (TPSA) is 40.7 Å². The summed E-state index contributed by atoms with van der Waals surface area (Å²) < 4.78 is 0. The van der Waals surface area contributed by atoms with Gasteiger partial charge in [0.25, 0.3) is 0 Å². The van der Waals surface area contributed by atoms with Crippen LogP contribution in [0.2, 0.25) is 5.02 Å². The number of rotatable bonds is 4. The summed E-state index contributed by atoms with van der Waals surface area (Å²) >= 11 is 7.67. The van der Waals surface area contributed by atoms with E-state index in [-0.39, 0.29) is 6.04 Å². The zero-order valence-corrected chi connectivity index (χ0v) is 14.7. The standard InChI is InChI=1S/C19H16ClN3S/c1-12-17(15-4-2-3-5-16(15)22-12)18(23-19-21-10-11-24-19)13-6-8-14(20)9-7-13/h2-11,18,22H,1H3,(H,21,23)/t18-/m1/s1. The van der Waals surface area contributed by atoms with E-state index < -0.39 is 0 Å². The second-order valence-corrected chi connectivity index (χ2v) is 7.01. The van der Waals surface area contributed by atoms with E-state index in [4.69, 9.17) is 11.6 Å². The predicted molar refractivity (Wildman–Crippen MR) is 102 cm³/mol. The maximum Gasteiger partial charge on any atom is 0.183 e. The van der Waals surface area contributed by atoms with Gasteiger partial charge in [0.2, 0.25) is 0 Å². The number of fused-ring (bicyclic) bond motifs is 1. The van der Waals surface area contributed by atoms with Crippen molar-refractivity contribution in [3.8, 4) is 0 Å². The third-order valence-corrected chi connectivity index (χ3v) is 5.09. The Bertz CT molecular complexity index is 958. The first kappa shape index (κ1) is 15.2. The number of hydrogen-bond acceptors (Lipinski definition) is 3. The first-order valence-corrected chi connectivity index (χ1v) is 8.97. The smallest absolute Gasteiger partial charge is 0.183 e. The summed E-state index contributed by atoms with van der Waals surface area (Å²) in [4.78, 5) is 7.88. The van der Waals surface area contributed by atoms with Crippen molar-refractivity contribution in [3.63, 3.8) is 0 Å². The summed E-state index contributed by atoms with van der Waals surface area (Å²) in [5.74, 6) is 0. The van der Waals surface area contributed by atoms with E-state index in [1.807, 2.05) is 29.8 Å². The van der Waals surface area contributed by atoms with Crippen LogP contribution in [-0.2, 0) is 0 Å². The van der Waals surface area contributed by atoms with Gasteiger partial charge in [-0.3, -0.25) is 0 Å². The van der Waals surface area contributed by atoms with Crippen LogP contribution >= 0.6 is 22.9 Å². The average Bonchev–Trinajstić information content (AvgIpc) is 3.20. The predicted octanol–water partition coefficient (Wildman–Crippen LogP) is 5.79. The molecule has 0 radical (unpaired) electrons. The normalized spacial score (nSPS) is 12.4. The number of para-hydroxylation sites is 1. The summed E-state index contributed by atoms with van der Waals surface area (Å²) in [7, 11) is 0. The maximum absolute atomic E-state index is 6.07. The molecule has 0 amide bonds. The molecule has 24 heavy (non-hydrogen) atoms. The van der Waals surface area contributed by atoms with E-state index in [9.17, 15) is 0 Å². The minimum Gasteiger partial charge on any atom is -0.358 e. The number of nitrogens with zero attached hydrogens (tertiary/aromatic N) is 1. The van der Waals surface area contributed by atoms with Crippen LogP contribution in [0.15, 0.2) is 60.1 Å². The second kappa shape index (κ2) is 6.30. The van der Waals surface area contributed by atoms with Gasteiger partial charge in [0.15, 0.2) is 5.13 Å². The number of thiazole rings is 1. The van der Waals surface area contributed by atoms with Crippen molar-refractivity contribution in [2.75, 3.05) is 5.32 Å². The Balaban J connectivity index is 1.87.